The summed E-state index contributed by atoms with van der Waals surface area (Å²) in [7, 11) is 4.63. The number of nitrogens with one attached hydrogen (secondary N) is 1. The van der Waals surface area contributed by atoms with E-state index < -0.39 is 48.4 Å². The molecule has 1 amide bonds. The number of nitrogens with zero attached hydrogens (tertiary/aromatic N) is 2. The molecule has 222 valence electrons. The molecular weight excluding hydrogens is 532 g/mol. The number of piperazine rings is 1. The van der Waals surface area contributed by atoms with E-state index in [0.717, 1.165) is 0 Å². The fraction of sp³-hybridized carbons (Fsp3) is 0.552. The van der Waals surface area contributed by atoms with Crippen molar-refractivity contribution >= 4 is 17.5 Å². The third-order valence-corrected chi connectivity index (χ3v) is 9.40. The first kappa shape index (κ1) is 29.2. The number of nitrogens with two attached hydrogens (primary N) is 1. The van der Waals surface area contributed by atoms with E-state index in [0.29, 0.717) is 33.4 Å². The molecule has 3 aliphatic heterocycles. The molecule has 1 aromatic carbocycles. The Morgan fingerprint density at radius 3 is 2.32 bits per heavy atom. The van der Waals surface area contributed by atoms with E-state index in [-0.39, 0.29) is 47.4 Å². The highest BCUT2D eigenvalue weighted by molar-refractivity contribution is 6.25. The first-order valence-corrected chi connectivity index (χ1v) is 13.7. The number of benzene rings is 1. The van der Waals surface area contributed by atoms with Crippen LogP contribution in [0.5, 0.6) is 17.2 Å². The number of phenols is 2. The van der Waals surface area contributed by atoms with Crippen LogP contribution in [0.2, 0.25) is 0 Å². The zero-order chi connectivity index (χ0) is 30.2. The smallest absolute Gasteiger partial charge is 0.236 e. The summed E-state index contributed by atoms with van der Waals surface area (Å²) in [6, 6.07) is -3.72. The predicted octanol–water partition coefficient (Wildman–Crippen LogP) is 0.481. The molecule has 1 aliphatic carbocycles. The molecule has 3 heterocycles. The molecule has 2 bridgehead atoms. The zero-order valence-corrected chi connectivity index (χ0v) is 24.3. The molecule has 0 spiro atoms. The lowest BCUT2D eigenvalue weighted by Gasteiger charge is -2.61. The summed E-state index contributed by atoms with van der Waals surface area (Å²) >= 11 is 0. The van der Waals surface area contributed by atoms with Gasteiger partial charge in [0, 0.05) is 58.7 Å². The standard InChI is InChI=1S/C29H38N4O8/c1-10-11(2)23(35)17-14(22(10)34)8-15-20-18-19(24(36)12(3)26(40-6)25(18)37)27(41-7)21(32(20)5)29(39)33(15)16(17)9-31-28(38)13(4)30/h13,15-16,20-21,27,29,36-37,39H,8-9,30H2,1-7H3,(H,31,38)/t13-,15-,16-,20-,21-,27-,29-/m0/s1. The zero-order valence-electron chi connectivity index (χ0n) is 24.3. The molecule has 12 nitrogen and oxygen atoms in total. The number of methoxy groups -OCH3 is 2. The molecule has 7 atom stereocenters. The molecule has 5 rings (SSSR count). The number of ether oxygens (including phenoxy) is 2. The van der Waals surface area contributed by atoms with Crippen LogP contribution in [0.4, 0.5) is 0 Å². The second-order valence-corrected chi connectivity index (χ2v) is 11.4. The van der Waals surface area contributed by atoms with Crippen molar-refractivity contribution in [3.8, 4) is 17.2 Å². The van der Waals surface area contributed by atoms with E-state index in [1.165, 1.54) is 21.1 Å². The lowest BCUT2D eigenvalue weighted by molar-refractivity contribution is -0.198. The molecule has 41 heavy (non-hydrogen) atoms. The number of likely N-dealkylation sites (N-methyl/N-ethyl adjacent to an activating group) is 1. The van der Waals surface area contributed by atoms with Crippen LogP contribution in [-0.2, 0) is 19.1 Å². The van der Waals surface area contributed by atoms with E-state index >= 15 is 0 Å². The van der Waals surface area contributed by atoms with Crippen LogP contribution in [0.3, 0.4) is 0 Å². The third-order valence-electron chi connectivity index (χ3n) is 9.40. The number of rotatable bonds is 5. The minimum atomic E-state index is -1.25. The van der Waals surface area contributed by atoms with Gasteiger partial charge in [0.25, 0.3) is 0 Å². The van der Waals surface area contributed by atoms with Gasteiger partial charge in [0.15, 0.2) is 23.1 Å². The van der Waals surface area contributed by atoms with Gasteiger partial charge in [-0.25, -0.2) is 0 Å². The number of fused-ring (bicyclic) bond motifs is 6. The molecule has 1 fully saturated rings. The number of hydrogen-bond acceptors (Lipinski definition) is 11. The highest BCUT2D eigenvalue weighted by Gasteiger charge is 2.60. The molecule has 0 aromatic heterocycles. The maximum atomic E-state index is 13.7. The molecule has 4 aliphatic rings. The number of aromatic hydroxyl groups is 2. The summed E-state index contributed by atoms with van der Waals surface area (Å²) < 4.78 is 11.3. The lowest BCUT2D eigenvalue weighted by atomic mass is 9.69. The van der Waals surface area contributed by atoms with Gasteiger partial charge in [-0.3, -0.25) is 24.2 Å². The molecule has 0 unspecified atom stereocenters. The SMILES string of the molecule is COc1c(C)c(O)c2c(c1O)[C@@H]1[C@@H]3CC4=C(C(=O)C(C)=C(C)C4=O)[C@H](CNC(=O)[C@H](C)N)N3[C@@H](O)[C@H]([C@H]2OC)N1C. The van der Waals surface area contributed by atoms with Crippen molar-refractivity contribution < 1.29 is 39.2 Å². The summed E-state index contributed by atoms with van der Waals surface area (Å²) in [6.07, 6.45) is -2.03. The normalized spacial score (nSPS) is 30.6. The van der Waals surface area contributed by atoms with E-state index in [4.69, 9.17) is 15.2 Å². The van der Waals surface area contributed by atoms with Gasteiger partial charge < -0.3 is 35.8 Å². The van der Waals surface area contributed by atoms with Crippen LogP contribution in [0.1, 0.15) is 56.0 Å². The fourth-order valence-electron chi connectivity index (χ4n) is 7.24. The van der Waals surface area contributed by atoms with E-state index in [1.54, 1.807) is 32.7 Å². The number of carbonyl (C=O) groups excluding carboxylic acids is 3. The largest absolute Gasteiger partial charge is 0.507 e. The van der Waals surface area contributed by atoms with Crippen molar-refractivity contribution in [3.63, 3.8) is 0 Å². The van der Waals surface area contributed by atoms with Crippen LogP contribution in [0.25, 0.3) is 0 Å². The molecule has 0 saturated carbocycles. The molecule has 0 radical (unpaired) electrons. The molecule has 6 N–H and O–H groups in total. The van der Waals surface area contributed by atoms with Crippen molar-refractivity contribution in [2.75, 3.05) is 27.8 Å². The van der Waals surface area contributed by atoms with E-state index in [2.05, 4.69) is 5.32 Å². The van der Waals surface area contributed by atoms with Crippen LogP contribution >= 0.6 is 0 Å². The van der Waals surface area contributed by atoms with Crippen molar-refractivity contribution in [1.29, 1.82) is 0 Å². The second kappa shape index (κ2) is 10.2. The van der Waals surface area contributed by atoms with Gasteiger partial charge in [-0.15, -0.1) is 0 Å². The summed E-state index contributed by atoms with van der Waals surface area (Å²) in [5.41, 5.74) is 8.04. The Kier molecular flexibility index (Phi) is 7.27. The monoisotopic (exact) mass is 570 g/mol. The van der Waals surface area contributed by atoms with Gasteiger partial charge in [0.1, 0.15) is 18.1 Å². The topological polar surface area (TPSA) is 175 Å². The van der Waals surface area contributed by atoms with Crippen molar-refractivity contribution in [3.05, 3.63) is 39.0 Å². The molecular formula is C29H38N4O8. The Hall–Kier alpha value is -3.29. The van der Waals surface area contributed by atoms with Gasteiger partial charge in [-0.1, -0.05) is 0 Å². The van der Waals surface area contributed by atoms with E-state index in [9.17, 15) is 29.7 Å². The number of hydrogen-bond donors (Lipinski definition) is 5. The highest BCUT2D eigenvalue weighted by Crippen LogP contribution is 2.59. The van der Waals surface area contributed by atoms with Gasteiger partial charge in [0.05, 0.1) is 31.3 Å². The summed E-state index contributed by atoms with van der Waals surface area (Å²) in [6.45, 7) is 6.30. The summed E-state index contributed by atoms with van der Waals surface area (Å²) in [4.78, 5) is 43.5. The van der Waals surface area contributed by atoms with Crippen LogP contribution in [0, 0.1) is 6.92 Å². The van der Waals surface area contributed by atoms with Gasteiger partial charge >= 0.3 is 0 Å². The fourth-order valence-corrected chi connectivity index (χ4v) is 7.24. The Balaban J connectivity index is 1.76. The summed E-state index contributed by atoms with van der Waals surface area (Å²) in [5.74, 6) is -1.20. The summed E-state index contributed by atoms with van der Waals surface area (Å²) in [5, 5.41) is 37.7. The number of ketones is 2. The van der Waals surface area contributed by atoms with Crippen molar-refractivity contribution in [2.24, 2.45) is 5.73 Å². The second-order valence-electron chi connectivity index (χ2n) is 11.4. The first-order chi connectivity index (χ1) is 19.3. The number of Topliss-reactive ketones (excluding diaryl/α,β-unsaturated/α-hetero) is 2. The maximum Gasteiger partial charge on any atom is 0.236 e. The highest BCUT2D eigenvalue weighted by atomic mass is 16.5. The van der Waals surface area contributed by atoms with Crippen LogP contribution in [-0.4, -0.2) is 101 Å². The number of amides is 1. The predicted molar refractivity (Wildman–Crippen MR) is 147 cm³/mol. The number of aliphatic hydroxyl groups excluding tert-OH is 1. The third kappa shape index (κ3) is 3.96. The minimum absolute atomic E-state index is 0.0831. The van der Waals surface area contributed by atoms with Crippen LogP contribution in [0.15, 0.2) is 22.3 Å². The number of aliphatic hydroxyl groups is 1. The Morgan fingerprint density at radius 2 is 1.73 bits per heavy atom. The number of phenolic OH excluding ortho intramolecular Hbond substituents is 2. The Morgan fingerprint density at radius 1 is 1.10 bits per heavy atom. The van der Waals surface area contributed by atoms with Gasteiger partial charge in [-0.2, -0.15) is 0 Å². The van der Waals surface area contributed by atoms with Crippen molar-refractivity contribution in [1.82, 2.24) is 15.1 Å². The van der Waals surface area contributed by atoms with Crippen LogP contribution < -0.4 is 15.8 Å². The lowest BCUT2D eigenvalue weighted by Crippen LogP contribution is -2.72. The molecule has 12 heteroatoms. The quantitative estimate of drug-likeness (QED) is 0.246. The average molecular weight is 571 g/mol. The average Bonchev–Trinajstić information content (AvgIpc) is 2.94. The van der Waals surface area contributed by atoms with Gasteiger partial charge in [0.2, 0.25) is 5.91 Å². The number of carbonyl (C=O) groups is 3. The first-order valence-electron chi connectivity index (χ1n) is 13.7. The minimum Gasteiger partial charge on any atom is -0.507 e. The maximum absolute atomic E-state index is 13.7. The molecule has 1 aromatic rings. The Bertz CT molecular complexity index is 1420. The van der Waals surface area contributed by atoms with Gasteiger partial charge in [-0.05, 0) is 41.2 Å². The molecule has 1 saturated heterocycles. The van der Waals surface area contributed by atoms with E-state index in [1.807, 2.05) is 4.90 Å². The number of allylic oxidation sites excluding steroid dienone is 2. The Labute approximate surface area is 238 Å². The van der Waals surface area contributed by atoms with Crippen molar-refractivity contribution in [2.45, 2.75) is 76.7 Å².